The summed E-state index contributed by atoms with van der Waals surface area (Å²) in [5.74, 6) is -0.470. The van der Waals surface area contributed by atoms with E-state index in [1.807, 2.05) is 6.07 Å². The Balaban J connectivity index is 3.10. The third-order valence-corrected chi connectivity index (χ3v) is 1.91. The summed E-state index contributed by atoms with van der Waals surface area (Å²) < 4.78 is 0. The van der Waals surface area contributed by atoms with E-state index < -0.39 is 11.0 Å². The van der Waals surface area contributed by atoms with E-state index in [0.717, 1.165) is 5.56 Å². The van der Waals surface area contributed by atoms with Crippen LogP contribution in [0.2, 0.25) is 0 Å². The molecular formula is C9H8ClNO2. The molecule has 1 aromatic rings. The van der Waals surface area contributed by atoms with Crippen LogP contribution in [-0.4, -0.2) is 16.2 Å². The van der Waals surface area contributed by atoms with E-state index in [0.29, 0.717) is 5.56 Å². The first kappa shape index (κ1) is 9.74. The van der Waals surface area contributed by atoms with E-state index in [1.165, 1.54) is 0 Å². The maximum absolute atomic E-state index is 11.4. The van der Waals surface area contributed by atoms with Gasteiger partial charge in [-0.15, -0.1) is 0 Å². The normalized spacial score (nSPS) is 11.4. The lowest BCUT2D eigenvalue weighted by Crippen LogP contribution is -2.09. The van der Waals surface area contributed by atoms with Crippen LogP contribution >= 0.6 is 11.6 Å². The molecule has 13 heavy (non-hydrogen) atoms. The van der Waals surface area contributed by atoms with Crippen molar-refractivity contribution in [1.29, 1.82) is 0 Å². The highest BCUT2D eigenvalue weighted by Gasteiger charge is 2.13. The zero-order chi connectivity index (χ0) is 9.84. The third-order valence-electron chi connectivity index (χ3n) is 1.66. The van der Waals surface area contributed by atoms with Crippen LogP contribution in [0.15, 0.2) is 29.4 Å². The van der Waals surface area contributed by atoms with E-state index in [9.17, 15) is 4.79 Å². The van der Waals surface area contributed by atoms with Crippen LogP contribution in [0, 0.1) is 6.92 Å². The van der Waals surface area contributed by atoms with Crippen molar-refractivity contribution in [2.75, 3.05) is 0 Å². The highest BCUT2D eigenvalue weighted by Crippen LogP contribution is 2.09. The molecular weight excluding hydrogens is 190 g/mol. The molecule has 0 heterocycles. The van der Waals surface area contributed by atoms with Crippen LogP contribution in [0.25, 0.3) is 0 Å². The number of hydrogen-bond acceptors (Lipinski definition) is 3. The Morgan fingerprint density at radius 1 is 1.46 bits per heavy atom. The van der Waals surface area contributed by atoms with Gasteiger partial charge in [-0.3, -0.25) is 4.79 Å². The van der Waals surface area contributed by atoms with Gasteiger partial charge in [-0.2, -0.15) is 0 Å². The molecule has 3 nitrogen and oxygen atoms in total. The molecule has 0 aliphatic rings. The number of oxime groups is 1. The molecule has 0 aliphatic carbocycles. The highest BCUT2D eigenvalue weighted by molar-refractivity contribution is 6.84. The number of carbonyl (C=O) groups is 1. The van der Waals surface area contributed by atoms with E-state index in [4.69, 9.17) is 16.8 Å². The van der Waals surface area contributed by atoms with Gasteiger partial charge >= 0.3 is 0 Å². The van der Waals surface area contributed by atoms with Gasteiger partial charge in [0.1, 0.15) is 0 Å². The summed E-state index contributed by atoms with van der Waals surface area (Å²) in [6.07, 6.45) is 0. The van der Waals surface area contributed by atoms with Crippen LogP contribution in [0.4, 0.5) is 0 Å². The molecule has 0 spiro atoms. The van der Waals surface area contributed by atoms with Gasteiger partial charge in [-0.25, -0.2) is 0 Å². The fraction of sp³-hybridized carbons (Fsp3) is 0.111. The van der Waals surface area contributed by atoms with Crippen molar-refractivity contribution < 1.29 is 10.0 Å². The van der Waals surface area contributed by atoms with Gasteiger partial charge in [-0.05, 0) is 12.5 Å². The average molecular weight is 198 g/mol. The van der Waals surface area contributed by atoms with Crippen LogP contribution in [0.3, 0.4) is 0 Å². The second-order valence-corrected chi connectivity index (χ2v) is 2.89. The summed E-state index contributed by atoms with van der Waals surface area (Å²) in [5, 5.41) is 10.5. The lowest BCUT2D eigenvalue weighted by molar-refractivity contribution is 0.106. The van der Waals surface area contributed by atoms with Crippen LogP contribution in [0.5, 0.6) is 0 Å². The van der Waals surface area contributed by atoms with E-state index in [2.05, 4.69) is 5.16 Å². The number of halogens is 1. The van der Waals surface area contributed by atoms with Gasteiger partial charge in [-0.1, -0.05) is 41.0 Å². The minimum absolute atomic E-state index is 0.422. The number of ketones is 1. The largest absolute Gasteiger partial charge is 0.410 e. The Labute approximate surface area is 80.6 Å². The number of nitrogens with zero attached hydrogens (tertiary/aromatic N) is 1. The highest BCUT2D eigenvalue weighted by atomic mass is 35.5. The smallest absolute Gasteiger partial charge is 0.226 e. The van der Waals surface area contributed by atoms with E-state index in [1.54, 1.807) is 25.1 Å². The first-order chi connectivity index (χ1) is 6.16. The molecule has 0 fully saturated rings. The van der Waals surface area contributed by atoms with Crippen molar-refractivity contribution in [2.45, 2.75) is 6.92 Å². The molecule has 0 bridgehead atoms. The van der Waals surface area contributed by atoms with Crippen molar-refractivity contribution in [2.24, 2.45) is 5.16 Å². The molecule has 1 aromatic carbocycles. The second-order valence-electron chi connectivity index (χ2n) is 2.53. The SMILES string of the molecule is Cc1ccccc1C(=O)C(Cl)=NO. The van der Waals surface area contributed by atoms with Crippen molar-refractivity contribution in [3.63, 3.8) is 0 Å². The van der Waals surface area contributed by atoms with Crippen molar-refractivity contribution in [3.05, 3.63) is 35.4 Å². The van der Waals surface area contributed by atoms with Gasteiger partial charge < -0.3 is 5.21 Å². The Hall–Kier alpha value is -1.35. The van der Waals surface area contributed by atoms with E-state index in [-0.39, 0.29) is 0 Å². The Kier molecular flexibility index (Phi) is 3.03. The number of carbonyl (C=O) groups excluding carboxylic acids is 1. The molecule has 68 valence electrons. The minimum Gasteiger partial charge on any atom is -0.410 e. The fourth-order valence-corrected chi connectivity index (χ4v) is 1.09. The summed E-state index contributed by atoms with van der Waals surface area (Å²) in [6, 6.07) is 6.96. The van der Waals surface area contributed by atoms with Crippen molar-refractivity contribution >= 4 is 22.6 Å². The number of benzene rings is 1. The van der Waals surface area contributed by atoms with Gasteiger partial charge in [0, 0.05) is 5.56 Å². The summed E-state index contributed by atoms with van der Waals surface area (Å²) in [5.41, 5.74) is 1.25. The zero-order valence-corrected chi connectivity index (χ0v) is 7.75. The van der Waals surface area contributed by atoms with E-state index >= 15 is 0 Å². The van der Waals surface area contributed by atoms with Gasteiger partial charge in [0.25, 0.3) is 0 Å². The monoisotopic (exact) mass is 197 g/mol. The number of hydrogen-bond donors (Lipinski definition) is 1. The van der Waals surface area contributed by atoms with Crippen molar-refractivity contribution in [3.8, 4) is 0 Å². The topological polar surface area (TPSA) is 49.7 Å². The molecule has 0 aromatic heterocycles. The Morgan fingerprint density at radius 2 is 2.08 bits per heavy atom. The second kappa shape index (κ2) is 4.05. The van der Waals surface area contributed by atoms with Crippen molar-refractivity contribution in [1.82, 2.24) is 0 Å². The first-order valence-electron chi connectivity index (χ1n) is 3.64. The molecule has 4 heteroatoms. The molecule has 0 aliphatic heterocycles. The molecule has 0 amide bonds. The van der Waals surface area contributed by atoms with Crippen LogP contribution in [-0.2, 0) is 0 Å². The Bertz CT molecular complexity index is 360. The standard InChI is InChI=1S/C9H8ClNO2/c1-6-4-2-3-5-7(6)8(12)9(10)11-13/h2-5,13H,1H3. The molecule has 0 saturated carbocycles. The predicted molar refractivity (Wildman–Crippen MR) is 50.6 cm³/mol. The fourth-order valence-electron chi connectivity index (χ4n) is 0.984. The quantitative estimate of drug-likeness (QED) is 0.342. The maximum Gasteiger partial charge on any atom is 0.226 e. The number of Topliss-reactive ketones (excluding diaryl/α,β-unsaturated/α-hetero) is 1. The van der Waals surface area contributed by atoms with Crippen LogP contribution in [0.1, 0.15) is 15.9 Å². The molecule has 0 radical (unpaired) electrons. The maximum atomic E-state index is 11.4. The predicted octanol–water partition coefficient (Wildman–Crippen LogP) is 2.20. The summed E-state index contributed by atoms with van der Waals surface area (Å²) in [4.78, 5) is 11.4. The molecule has 0 saturated heterocycles. The van der Waals surface area contributed by atoms with Crippen LogP contribution < -0.4 is 0 Å². The summed E-state index contributed by atoms with van der Waals surface area (Å²) in [6.45, 7) is 1.79. The lowest BCUT2D eigenvalue weighted by Gasteiger charge is -2.00. The number of rotatable bonds is 2. The Morgan fingerprint density at radius 3 is 2.62 bits per heavy atom. The van der Waals surface area contributed by atoms with Gasteiger partial charge in [0.05, 0.1) is 0 Å². The molecule has 0 atom stereocenters. The summed E-state index contributed by atoms with van der Waals surface area (Å²) in [7, 11) is 0. The molecule has 0 unspecified atom stereocenters. The average Bonchev–Trinajstić information content (AvgIpc) is 2.16. The molecule has 1 N–H and O–H groups in total. The summed E-state index contributed by atoms with van der Waals surface area (Å²) >= 11 is 5.37. The van der Waals surface area contributed by atoms with Gasteiger partial charge in [0.2, 0.25) is 11.0 Å². The minimum atomic E-state index is -0.470. The third kappa shape index (κ3) is 2.06. The first-order valence-corrected chi connectivity index (χ1v) is 4.02. The number of aryl methyl sites for hydroxylation is 1. The lowest BCUT2D eigenvalue weighted by atomic mass is 10.1. The van der Waals surface area contributed by atoms with Gasteiger partial charge in [0.15, 0.2) is 0 Å². The molecule has 1 rings (SSSR count). The zero-order valence-electron chi connectivity index (χ0n) is 6.99.